The zero-order valence-corrected chi connectivity index (χ0v) is 18.3. The van der Waals surface area contributed by atoms with Gasteiger partial charge in [0.25, 0.3) is 5.91 Å². The Labute approximate surface area is 187 Å². The quantitative estimate of drug-likeness (QED) is 0.617. The van der Waals surface area contributed by atoms with Gasteiger partial charge in [-0.25, -0.2) is 4.98 Å². The molecule has 8 nitrogen and oxygen atoms in total. The first-order valence-corrected chi connectivity index (χ1v) is 10.6. The van der Waals surface area contributed by atoms with Crippen LogP contribution in [0.25, 0.3) is 0 Å². The molecular formula is C24H27N5O3. The van der Waals surface area contributed by atoms with Crippen LogP contribution >= 0.6 is 0 Å². The number of amides is 2. The lowest BCUT2D eigenvalue weighted by atomic mass is 9.94. The molecule has 8 heteroatoms. The van der Waals surface area contributed by atoms with Crippen molar-refractivity contribution >= 4 is 11.8 Å². The molecule has 0 saturated carbocycles. The van der Waals surface area contributed by atoms with Gasteiger partial charge in [-0.05, 0) is 35.6 Å². The summed E-state index contributed by atoms with van der Waals surface area (Å²) in [6.07, 6.45) is 6.94. The molecule has 1 unspecified atom stereocenters. The third-order valence-corrected chi connectivity index (χ3v) is 5.82. The number of aryl methyl sites for hydroxylation is 1. The topological polar surface area (TPSA) is 89.4 Å². The van der Waals surface area contributed by atoms with Gasteiger partial charge in [0.1, 0.15) is 6.54 Å². The number of ether oxygens (including phenoxy) is 1. The van der Waals surface area contributed by atoms with E-state index in [9.17, 15) is 9.59 Å². The molecule has 3 heterocycles. The maximum absolute atomic E-state index is 13.2. The molecule has 1 aromatic carbocycles. The minimum atomic E-state index is -0.627. The van der Waals surface area contributed by atoms with Gasteiger partial charge in [-0.2, -0.15) is 0 Å². The summed E-state index contributed by atoms with van der Waals surface area (Å²) in [5, 5.41) is 2.98. The van der Waals surface area contributed by atoms with Crippen molar-refractivity contribution in [2.24, 2.45) is 0 Å². The van der Waals surface area contributed by atoms with Crippen molar-refractivity contribution in [2.45, 2.75) is 39.1 Å². The van der Waals surface area contributed by atoms with Gasteiger partial charge in [-0.15, -0.1) is 0 Å². The van der Waals surface area contributed by atoms with Crippen LogP contribution in [0.5, 0.6) is 0 Å². The Kier molecular flexibility index (Phi) is 6.61. The van der Waals surface area contributed by atoms with E-state index in [4.69, 9.17) is 4.74 Å². The smallest absolute Gasteiger partial charge is 0.256 e. The highest BCUT2D eigenvalue weighted by atomic mass is 16.5. The normalized spacial score (nSPS) is 14.0. The fourth-order valence-corrected chi connectivity index (χ4v) is 4.11. The van der Waals surface area contributed by atoms with Gasteiger partial charge in [0.05, 0.1) is 6.33 Å². The Morgan fingerprint density at radius 1 is 1.25 bits per heavy atom. The Balaban J connectivity index is 1.46. The standard InChI is InChI=1S/C24H27N5O3/c1-17-21(13-27-22(30)15-28-11-9-25-16-28)20-8-10-29(14-19(20)12-26-17)24(31)23(32-2)18-6-4-3-5-7-18/h3-7,9,11-12,16,23H,8,10,13-15H2,1-2H3,(H,27,30). The van der Waals surface area contributed by atoms with Crippen LogP contribution in [0.2, 0.25) is 0 Å². The molecule has 3 aromatic rings. The Morgan fingerprint density at radius 3 is 2.78 bits per heavy atom. The van der Waals surface area contributed by atoms with Crippen molar-refractivity contribution in [2.75, 3.05) is 13.7 Å². The summed E-state index contributed by atoms with van der Waals surface area (Å²) in [5.41, 5.74) is 4.94. The fourth-order valence-electron chi connectivity index (χ4n) is 4.11. The number of benzene rings is 1. The lowest BCUT2D eigenvalue weighted by Gasteiger charge is -2.32. The van der Waals surface area contributed by atoms with Crippen molar-refractivity contribution < 1.29 is 14.3 Å². The van der Waals surface area contributed by atoms with Crippen LogP contribution in [0, 0.1) is 6.92 Å². The van der Waals surface area contributed by atoms with E-state index >= 15 is 0 Å². The van der Waals surface area contributed by atoms with Crippen LogP contribution in [0.1, 0.15) is 34.1 Å². The molecular weight excluding hydrogens is 406 g/mol. The molecule has 0 fully saturated rings. The van der Waals surface area contributed by atoms with E-state index in [1.807, 2.05) is 48.4 Å². The van der Waals surface area contributed by atoms with Gasteiger partial charge in [-0.1, -0.05) is 30.3 Å². The fraction of sp³-hybridized carbons (Fsp3) is 0.333. The van der Waals surface area contributed by atoms with Crippen LogP contribution in [-0.2, 0) is 40.4 Å². The van der Waals surface area contributed by atoms with Crippen LogP contribution in [0.3, 0.4) is 0 Å². The van der Waals surface area contributed by atoms with Gasteiger partial charge < -0.3 is 19.5 Å². The summed E-state index contributed by atoms with van der Waals surface area (Å²) in [4.78, 5) is 35.8. The number of imidazole rings is 1. The highest BCUT2D eigenvalue weighted by molar-refractivity contribution is 5.82. The average molecular weight is 434 g/mol. The Morgan fingerprint density at radius 2 is 2.06 bits per heavy atom. The minimum Gasteiger partial charge on any atom is -0.367 e. The number of carbonyl (C=O) groups excluding carboxylic acids is 2. The van der Waals surface area contributed by atoms with E-state index in [-0.39, 0.29) is 18.4 Å². The van der Waals surface area contributed by atoms with Crippen molar-refractivity contribution in [1.29, 1.82) is 0 Å². The number of nitrogens with zero attached hydrogens (tertiary/aromatic N) is 4. The Hall–Kier alpha value is -3.52. The number of pyridine rings is 1. The van der Waals surface area contributed by atoms with Crippen molar-refractivity contribution in [3.63, 3.8) is 0 Å². The summed E-state index contributed by atoms with van der Waals surface area (Å²) in [7, 11) is 1.56. The minimum absolute atomic E-state index is 0.0555. The molecule has 0 bridgehead atoms. The molecule has 1 atom stereocenters. The zero-order chi connectivity index (χ0) is 22.5. The highest BCUT2D eigenvalue weighted by Crippen LogP contribution is 2.27. The number of nitrogens with one attached hydrogen (secondary N) is 1. The van der Waals surface area contributed by atoms with E-state index in [2.05, 4.69) is 15.3 Å². The largest absolute Gasteiger partial charge is 0.367 e. The summed E-state index contributed by atoms with van der Waals surface area (Å²) in [6.45, 7) is 3.66. The summed E-state index contributed by atoms with van der Waals surface area (Å²) >= 11 is 0. The van der Waals surface area contributed by atoms with Crippen LogP contribution in [0.15, 0.2) is 55.2 Å². The number of methoxy groups -OCH3 is 1. The second-order valence-corrected chi connectivity index (χ2v) is 7.87. The third-order valence-electron chi connectivity index (χ3n) is 5.82. The lowest BCUT2D eigenvalue weighted by Crippen LogP contribution is -2.40. The van der Waals surface area contributed by atoms with E-state index in [1.165, 1.54) is 0 Å². The predicted octanol–water partition coefficient (Wildman–Crippen LogP) is 2.18. The molecule has 4 rings (SSSR count). The summed E-state index contributed by atoms with van der Waals surface area (Å²) in [6, 6.07) is 9.53. The first-order valence-electron chi connectivity index (χ1n) is 10.6. The third kappa shape index (κ3) is 4.70. The Bertz CT molecular complexity index is 1080. The van der Waals surface area contributed by atoms with E-state index < -0.39 is 6.10 Å². The first-order chi connectivity index (χ1) is 15.6. The van der Waals surface area contributed by atoms with Gasteiger partial charge in [0.2, 0.25) is 5.91 Å². The SMILES string of the molecule is COC(C(=O)N1CCc2c(cnc(C)c2CNC(=O)Cn2ccnc2)C1)c1ccccc1. The van der Waals surface area contributed by atoms with Crippen molar-refractivity contribution in [3.05, 3.63) is 83.2 Å². The van der Waals surface area contributed by atoms with Crippen LogP contribution < -0.4 is 5.32 Å². The van der Waals surface area contributed by atoms with Gasteiger partial charge >= 0.3 is 0 Å². The highest BCUT2D eigenvalue weighted by Gasteiger charge is 2.29. The van der Waals surface area contributed by atoms with E-state index in [1.54, 1.807) is 30.4 Å². The maximum atomic E-state index is 13.2. The predicted molar refractivity (Wildman–Crippen MR) is 118 cm³/mol. The van der Waals surface area contributed by atoms with Crippen molar-refractivity contribution in [3.8, 4) is 0 Å². The van der Waals surface area contributed by atoms with E-state index in [0.717, 1.165) is 27.9 Å². The molecule has 0 radical (unpaired) electrons. The second kappa shape index (κ2) is 9.74. The van der Waals surface area contributed by atoms with Gasteiger partial charge in [0.15, 0.2) is 6.10 Å². The number of aromatic nitrogens is 3. The molecule has 32 heavy (non-hydrogen) atoms. The molecule has 0 spiro atoms. The van der Waals surface area contributed by atoms with Gasteiger partial charge in [-0.3, -0.25) is 14.6 Å². The molecule has 2 aromatic heterocycles. The molecule has 1 N–H and O–H groups in total. The molecule has 0 saturated heterocycles. The zero-order valence-electron chi connectivity index (χ0n) is 18.3. The number of hydrogen-bond acceptors (Lipinski definition) is 5. The second-order valence-electron chi connectivity index (χ2n) is 7.87. The van der Waals surface area contributed by atoms with Crippen molar-refractivity contribution in [1.82, 2.24) is 24.8 Å². The number of carbonyl (C=O) groups is 2. The summed E-state index contributed by atoms with van der Waals surface area (Å²) in [5.74, 6) is -0.140. The monoisotopic (exact) mass is 433 g/mol. The maximum Gasteiger partial charge on any atom is 0.256 e. The van der Waals surface area contributed by atoms with Crippen LogP contribution in [-0.4, -0.2) is 44.9 Å². The molecule has 1 aliphatic heterocycles. The summed E-state index contributed by atoms with van der Waals surface area (Å²) < 4.78 is 7.25. The number of rotatable bonds is 7. The molecule has 1 aliphatic rings. The first kappa shape index (κ1) is 21.7. The molecule has 2 amide bonds. The average Bonchev–Trinajstić information content (AvgIpc) is 3.32. The lowest BCUT2D eigenvalue weighted by molar-refractivity contribution is -0.143. The molecule has 0 aliphatic carbocycles. The van der Waals surface area contributed by atoms with Crippen LogP contribution in [0.4, 0.5) is 0 Å². The number of hydrogen-bond donors (Lipinski definition) is 1. The molecule has 166 valence electrons. The van der Waals surface area contributed by atoms with Gasteiger partial charge in [0, 0.05) is 51.0 Å². The number of fused-ring (bicyclic) bond motifs is 1. The van der Waals surface area contributed by atoms with E-state index in [0.29, 0.717) is 26.1 Å².